The van der Waals surface area contributed by atoms with Gasteiger partial charge >= 0.3 is 0 Å². The van der Waals surface area contributed by atoms with Crippen molar-refractivity contribution < 1.29 is 0 Å². The minimum absolute atomic E-state index is 1.09. The molecule has 58 heavy (non-hydrogen) atoms. The van der Waals surface area contributed by atoms with Crippen LogP contribution in [0.4, 0.5) is 0 Å². The number of nitrogens with zero attached hydrogens (tertiary/aromatic N) is 4. The third-order valence-corrected chi connectivity index (χ3v) is 11.8. The van der Waals surface area contributed by atoms with Crippen LogP contribution in [0.3, 0.4) is 0 Å². The van der Waals surface area contributed by atoms with Crippen molar-refractivity contribution in [3.05, 3.63) is 218 Å². The first-order valence-corrected chi connectivity index (χ1v) is 19.9. The molecule has 8 bridgehead atoms. The van der Waals surface area contributed by atoms with Crippen molar-refractivity contribution in [3.63, 3.8) is 0 Å². The number of hydrogen-bond acceptors (Lipinski definition) is 0. The van der Waals surface area contributed by atoms with Gasteiger partial charge in [0.25, 0.3) is 0 Å². The second-order valence-corrected chi connectivity index (χ2v) is 15.0. The molecule has 0 unspecified atom stereocenters. The van der Waals surface area contributed by atoms with Crippen molar-refractivity contribution >= 4 is 76.5 Å². The van der Waals surface area contributed by atoms with Crippen LogP contribution in [0, 0.1) is 0 Å². The molecule has 0 atom stereocenters. The van der Waals surface area contributed by atoms with E-state index in [-0.39, 0.29) is 0 Å². The van der Waals surface area contributed by atoms with E-state index < -0.39 is 0 Å². The van der Waals surface area contributed by atoms with Crippen molar-refractivity contribution in [3.8, 4) is 22.7 Å². The fourth-order valence-corrected chi connectivity index (χ4v) is 9.28. The summed E-state index contributed by atoms with van der Waals surface area (Å²) in [6, 6.07) is 79.6. The summed E-state index contributed by atoms with van der Waals surface area (Å²) in [5.41, 5.74) is 13.6. The van der Waals surface area contributed by atoms with Crippen LogP contribution in [0.15, 0.2) is 218 Å². The van der Waals surface area contributed by atoms with Crippen molar-refractivity contribution in [2.45, 2.75) is 0 Å². The van der Waals surface area contributed by atoms with Gasteiger partial charge in [0.05, 0.1) is 27.8 Å². The summed E-state index contributed by atoms with van der Waals surface area (Å²) >= 11 is 0. The molecule has 3 aromatic heterocycles. The monoisotopic (exact) mass is 740 g/mol. The van der Waals surface area contributed by atoms with Gasteiger partial charge in [-0.15, -0.1) is 0 Å². The highest BCUT2D eigenvalue weighted by atomic mass is 15.0. The summed E-state index contributed by atoms with van der Waals surface area (Å²) in [6.45, 7) is 0. The van der Waals surface area contributed by atoms with Gasteiger partial charge in [-0.05, 0) is 126 Å². The Labute approximate surface area is 334 Å². The molecule has 0 aliphatic rings. The summed E-state index contributed by atoms with van der Waals surface area (Å²) in [6.07, 6.45) is 0. The van der Waals surface area contributed by atoms with Crippen molar-refractivity contribution in [1.29, 1.82) is 0 Å². The number of rotatable bonds is 4. The first kappa shape index (κ1) is 32.4. The summed E-state index contributed by atoms with van der Waals surface area (Å²) < 4.78 is 9.65. The van der Waals surface area contributed by atoms with Crippen molar-refractivity contribution in [2.24, 2.45) is 0 Å². The van der Waals surface area contributed by atoms with Gasteiger partial charge in [0, 0.05) is 60.7 Å². The van der Waals surface area contributed by atoms with Crippen molar-refractivity contribution in [1.82, 2.24) is 18.3 Å². The molecule has 12 rings (SSSR count). The number of hydrogen-bond donors (Lipinski definition) is 0. The zero-order chi connectivity index (χ0) is 38.2. The fraction of sp³-hybridized carbons (Fsp3) is 0. The first-order valence-electron chi connectivity index (χ1n) is 19.9. The maximum atomic E-state index is 2.47. The molecule has 4 heteroatoms. The Kier molecular flexibility index (Phi) is 7.20. The van der Waals surface area contributed by atoms with Gasteiger partial charge in [-0.3, -0.25) is 0 Å². The summed E-state index contributed by atoms with van der Waals surface area (Å²) in [4.78, 5) is 0. The van der Waals surface area contributed by atoms with E-state index in [1.807, 2.05) is 0 Å². The van der Waals surface area contributed by atoms with Crippen LogP contribution in [-0.4, -0.2) is 18.3 Å². The number of fused-ring (bicyclic) bond motifs is 10. The smallest absolute Gasteiger partial charge is 0.0562 e. The van der Waals surface area contributed by atoms with E-state index in [1.165, 1.54) is 32.6 Å². The molecule has 12 aromatic rings. The molecule has 0 amide bonds. The molecule has 4 nitrogen and oxygen atoms in total. The summed E-state index contributed by atoms with van der Waals surface area (Å²) in [5.74, 6) is 0. The highest BCUT2D eigenvalue weighted by Crippen LogP contribution is 2.39. The summed E-state index contributed by atoms with van der Waals surface area (Å²) in [5, 5.41) is 7.12. The fourth-order valence-electron chi connectivity index (χ4n) is 9.28. The lowest BCUT2D eigenvalue weighted by molar-refractivity contribution is 1.15. The van der Waals surface area contributed by atoms with Gasteiger partial charge in [0.2, 0.25) is 0 Å². The molecule has 9 aromatic carbocycles. The SMILES string of the molecule is c1ccc(-n2c3cccc(c3)c3cccc(c3)n(-c3cccc4c3c3ccccc3n4-c3ccccc3)c3ccc4c(c3)c3cc2ccc3n4-c2ccccc2)cc1. The van der Waals surface area contributed by atoms with Crippen LogP contribution in [0.5, 0.6) is 0 Å². The van der Waals surface area contributed by atoms with Crippen molar-refractivity contribution in [2.75, 3.05) is 0 Å². The maximum Gasteiger partial charge on any atom is 0.0562 e. The molecule has 272 valence electrons. The molecule has 0 radical (unpaired) electrons. The van der Waals surface area contributed by atoms with Gasteiger partial charge in [0.15, 0.2) is 0 Å². The van der Waals surface area contributed by atoms with Gasteiger partial charge in [-0.1, -0.05) is 103 Å². The van der Waals surface area contributed by atoms with Crippen LogP contribution in [0.25, 0.3) is 99.2 Å². The average Bonchev–Trinajstić information content (AvgIpc) is 3.80. The molecule has 0 saturated carbocycles. The topological polar surface area (TPSA) is 19.7 Å². The molecule has 0 fully saturated rings. The average molecular weight is 741 g/mol. The highest BCUT2D eigenvalue weighted by molar-refractivity contribution is 6.15. The Hall–Kier alpha value is -7.82. The first-order chi connectivity index (χ1) is 28.8. The second-order valence-electron chi connectivity index (χ2n) is 15.0. The predicted octanol–water partition coefficient (Wildman–Crippen LogP) is 14.0. The molecule has 0 aliphatic carbocycles. The van der Waals surface area contributed by atoms with E-state index in [9.17, 15) is 0 Å². The van der Waals surface area contributed by atoms with Crippen LogP contribution in [0.2, 0.25) is 0 Å². The lowest BCUT2D eigenvalue weighted by Crippen LogP contribution is -1.99. The van der Waals surface area contributed by atoms with E-state index in [0.29, 0.717) is 0 Å². The minimum atomic E-state index is 1.09. The Balaban J connectivity index is 1.30. The van der Waals surface area contributed by atoms with Crippen LogP contribution >= 0.6 is 0 Å². The highest BCUT2D eigenvalue weighted by Gasteiger charge is 2.19. The van der Waals surface area contributed by atoms with E-state index in [4.69, 9.17) is 0 Å². The van der Waals surface area contributed by atoms with E-state index in [0.717, 1.165) is 66.6 Å². The second kappa shape index (κ2) is 12.9. The number of aromatic nitrogens is 4. The normalized spacial score (nSPS) is 11.8. The Bertz CT molecular complexity index is 3600. The number of benzene rings is 9. The lowest BCUT2D eigenvalue weighted by Gasteiger charge is -2.15. The quantitative estimate of drug-likeness (QED) is 0.171. The largest absolute Gasteiger partial charge is 0.310 e. The predicted molar refractivity (Wildman–Crippen MR) is 244 cm³/mol. The lowest BCUT2D eigenvalue weighted by atomic mass is 10.1. The zero-order valence-electron chi connectivity index (χ0n) is 31.6. The van der Waals surface area contributed by atoms with Gasteiger partial charge in [0.1, 0.15) is 0 Å². The standard InChI is InChI=1S/C54H36N4/c1-4-17-39(18-5-1)55-42-23-12-15-37(33-42)38-16-13-24-43(34-38)56(52-27-14-28-53-54(52)46-25-10-11-26-49(46)58(53)41-21-8-3-9-22-41)45-30-32-51-48(36-45)47-35-44(55)29-31-50(47)57(51)40-19-6-2-7-20-40/h1-36H. The molecular weight excluding hydrogens is 705 g/mol. The van der Waals surface area contributed by atoms with Gasteiger partial charge < -0.3 is 18.3 Å². The molecule has 0 aliphatic heterocycles. The van der Waals surface area contributed by atoms with Gasteiger partial charge in [-0.2, -0.15) is 0 Å². The maximum absolute atomic E-state index is 2.47. The molecular formula is C54H36N4. The molecule has 0 saturated heterocycles. The van der Waals surface area contributed by atoms with Crippen LogP contribution in [-0.2, 0) is 0 Å². The summed E-state index contributed by atoms with van der Waals surface area (Å²) in [7, 11) is 0. The van der Waals surface area contributed by atoms with Crippen LogP contribution < -0.4 is 0 Å². The Morgan fingerprint density at radius 2 is 0.672 bits per heavy atom. The zero-order valence-corrected chi connectivity index (χ0v) is 31.6. The van der Waals surface area contributed by atoms with Crippen LogP contribution in [0.1, 0.15) is 0 Å². The molecule has 0 spiro atoms. The number of para-hydroxylation sites is 4. The Morgan fingerprint density at radius 1 is 0.241 bits per heavy atom. The Morgan fingerprint density at radius 3 is 1.28 bits per heavy atom. The van der Waals surface area contributed by atoms with E-state index in [2.05, 4.69) is 237 Å². The van der Waals surface area contributed by atoms with E-state index in [1.54, 1.807) is 0 Å². The van der Waals surface area contributed by atoms with E-state index >= 15 is 0 Å². The molecule has 3 heterocycles. The third kappa shape index (κ3) is 4.95. The third-order valence-electron chi connectivity index (χ3n) is 11.8. The minimum Gasteiger partial charge on any atom is -0.310 e. The molecule has 0 N–H and O–H groups in total. The van der Waals surface area contributed by atoms with Gasteiger partial charge in [-0.25, -0.2) is 0 Å².